The third-order valence-electron chi connectivity index (χ3n) is 2.44. The lowest BCUT2D eigenvalue weighted by molar-refractivity contribution is -0.384. The van der Waals surface area contributed by atoms with Crippen molar-refractivity contribution in [2.45, 2.75) is 6.42 Å². The van der Waals surface area contributed by atoms with E-state index in [2.05, 4.69) is 5.32 Å². The molecule has 0 spiro atoms. The molecule has 1 N–H and O–H groups in total. The Morgan fingerprint density at radius 3 is 2.83 bits per heavy atom. The fourth-order valence-corrected chi connectivity index (χ4v) is 2.31. The molecule has 0 saturated carbocycles. The second kappa shape index (κ2) is 5.59. The molecule has 0 fully saturated rings. The molecule has 0 saturated heterocycles. The minimum Gasteiger partial charge on any atom is -0.377 e. The summed E-state index contributed by atoms with van der Waals surface area (Å²) in [6.07, 6.45) is 0.711. The van der Waals surface area contributed by atoms with Crippen molar-refractivity contribution in [1.82, 2.24) is 0 Å². The van der Waals surface area contributed by atoms with Gasteiger partial charge in [-0.2, -0.15) is 0 Å². The van der Waals surface area contributed by atoms with E-state index in [0.717, 1.165) is 4.88 Å². The summed E-state index contributed by atoms with van der Waals surface area (Å²) in [6, 6.07) is 7.74. The van der Waals surface area contributed by atoms with Crippen LogP contribution < -0.4 is 5.32 Å². The first-order chi connectivity index (χ1) is 8.68. The van der Waals surface area contributed by atoms with Gasteiger partial charge in [0, 0.05) is 17.5 Å². The quantitative estimate of drug-likeness (QED) is 0.666. The van der Waals surface area contributed by atoms with Crippen LogP contribution in [0, 0.1) is 15.9 Å². The van der Waals surface area contributed by atoms with E-state index in [0.29, 0.717) is 13.0 Å². The number of nitrogens with zero attached hydrogens (tertiary/aromatic N) is 1. The lowest BCUT2D eigenvalue weighted by atomic mass is 10.2. The third-order valence-corrected chi connectivity index (χ3v) is 3.38. The topological polar surface area (TPSA) is 55.2 Å². The molecule has 18 heavy (non-hydrogen) atoms. The van der Waals surface area contributed by atoms with E-state index < -0.39 is 10.7 Å². The molecular weight excluding hydrogens is 255 g/mol. The summed E-state index contributed by atoms with van der Waals surface area (Å²) < 4.78 is 13.5. The standard InChI is InChI=1S/C12H11FN2O2S/c13-10-4-1-5-11(15(16)17)12(10)14-7-6-9-3-2-8-18-9/h1-5,8,14H,6-7H2. The molecule has 94 valence electrons. The Hall–Kier alpha value is -1.95. The average molecular weight is 266 g/mol. The fraction of sp³-hybridized carbons (Fsp3) is 0.167. The smallest absolute Gasteiger partial charge is 0.295 e. The van der Waals surface area contributed by atoms with Crippen LogP contribution in [0.25, 0.3) is 0 Å². The van der Waals surface area contributed by atoms with Crippen LogP contribution in [-0.2, 0) is 6.42 Å². The minimum absolute atomic E-state index is 0.0425. The zero-order chi connectivity index (χ0) is 13.0. The molecule has 0 radical (unpaired) electrons. The first-order valence-corrected chi connectivity index (χ1v) is 6.25. The number of anilines is 1. The fourth-order valence-electron chi connectivity index (χ4n) is 1.61. The number of thiophene rings is 1. The molecule has 0 atom stereocenters. The monoisotopic (exact) mass is 266 g/mol. The van der Waals surface area contributed by atoms with E-state index in [4.69, 9.17) is 0 Å². The van der Waals surface area contributed by atoms with Crippen molar-refractivity contribution >= 4 is 22.7 Å². The van der Waals surface area contributed by atoms with Crippen LogP contribution in [0.15, 0.2) is 35.7 Å². The Balaban J connectivity index is 2.06. The van der Waals surface area contributed by atoms with E-state index in [1.165, 1.54) is 18.2 Å². The predicted molar refractivity (Wildman–Crippen MR) is 69.6 cm³/mol. The Morgan fingerprint density at radius 1 is 1.33 bits per heavy atom. The van der Waals surface area contributed by atoms with Crippen LogP contribution >= 0.6 is 11.3 Å². The van der Waals surface area contributed by atoms with Gasteiger partial charge >= 0.3 is 0 Å². The van der Waals surface area contributed by atoms with E-state index >= 15 is 0 Å². The molecule has 2 aromatic rings. The van der Waals surface area contributed by atoms with Crippen LogP contribution in [0.2, 0.25) is 0 Å². The Labute approximate surface area is 107 Å². The van der Waals surface area contributed by atoms with Gasteiger partial charge in [-0.1, -0.05) is 12.1 Å². The van der Waals surface area contributed by atoms with Gasteiger partial charge in [0.25, 0.3) is 5.69 Å². The molecule has 1 aromatic carbocycles. The number of nitro groups is 1. The largest absolute Gasteiger partial charge is 0.377 e. The SMILES string of the molecule is O=[N+]([O-])c1cccc(F)c1NCCc1cccs1. The molecule has 2 rings (SSSR count). The van der Waals surface area contributed by atoms with E-state index in [1.54, 1.807) is 11.3 Å². The number of rotatable bonds is 5. The maximum absolute atomic E-state index is 13.5. The van der Waals surface area contributed by atoms with Gasteiger partial charge in [0.15, 0.2) is 5.82 Å². The second-order valence-corrected chi connectivity index (χ2v) is 4.68. The molecule has 1 aromatic heterocycles. The highest BCUT2D eigenvalue weighted by Crippen LogP contribution is 2.26. The molecule has 0 bridgehead atoms. The average Bonchev–Trinajstić information content (AvgIpc) is 2.84. The molecule has 4 nitrogen and oxygen atoms in total. The Morgan fingerprint density at radius 2 is 2.17 bits per heavy atom. The third kappa shape index (κ3) is 2.84. The lowest BCUT2D eigenvalue weighted by Crippen LogP contribution is -2.08. The normalized spacial score (nSPS) is 10.3. The highest BCUT2D eigenvalue weighted by Gasteiger charge is 2.16. The van der Waals surface area contributed by atoms with Crippen molar-refractivity contribution in [1.29, 1.82) is 0 Å². The summed E-state index contributed by atoms with van der Waals surface area (Å²) >= 11 is 1.61. The minimum atomic E-state index is -0.602. The summed E-state index contributed by atoms with van der Waals surface area (Å²) in [4.78, 5) is 11.3. The zero-order valence-electron chi connectivity index (χ0n) is 9.43. The number of benzene rings is 1. The number of nitro benzene ring substituents is 1. The maximum Gasteiger partial charge on any atom is 0.295 e. The molecule has 0 unspecified atom stereocenters. The van der Waals surface area contributed by atoms with Crippen LogP contribution in [0.1, 0.15) is 4.88 Å². The van der Waals surface area contributed by atoms with Crippen molar-refractivity contribution in [3.8, 4) is 0 Å². The van der Waals surface area contributed by atoms with Gasteiger partial charge in [-0.3, -0.25) is 10.1 Å². The van der Waals surface area contributed by atoms with Crippen molar-refractivity contribution in [3.63, 3.8) is 0 Å². The van der Waals surface area contributed by atoms with E-state index in [9.17, 15) is 14.5 Å². The highest BCUT2D eigenvalue weighted by atomic mass is 32.1. The van der Waals surface area contributed by atoms with Crippen LogP contribution in [-0.4, -0.2) is 11.5 Å². The summed E-state index contributed by atoms with van der Waals surface area (Å²) in [5.41, 5.74) is -0.278. The van der Waals surface area contributed by atoms with Crippen LogP contribution in [0.3, 0.4) is 0 Å². The lowest BCUT2D eigenvalue weighted by Gasteiger charge is -2.07. The van der Waals surface area contributed by atoms with Gasteiger partial charge in [0.1, 0.15) is 5.69 Å². The highest BCUT2D eigenvalue weighted by molar-refractivity contribution is 7.09. The Kier molecular flexibility index (Phi) is 3.88. The van der Waals surface area contributed by atoms with Gasteiger partial charge in [0.2, 0.25) is 0 Å². The van der Waals surface area contributed by atoms with Gasteiger partial charge in [-0.25, -0.2) is 4.39 Å². The van der Waals surface area contributed by atoms with Crippen molar-refractivity contribution in [2.24, 2.45) is 0 Å². The molecule has 0 aliphatic rings. The summed E-state index contributed by atoms with van der Waals surface area (Å²) in [5, 5.41) is 15.5. The molecular formula is C12H11FN2O2S. The van der Waals surface area contributed by atoms with Crippen molar-refractivity contribution < 1.29 is 9.31 Å². The molecule has 0 aliphatic heterocycles. The van der Waals surface area contributed by atoms with E-state index in [-0.39, 0.29) is 11.4 Å². The number of nitrogens with one attached hydrogen (secondary N) is 1. The first kappa shape index (κ1) is 12.5. The first-order valence-electron chi connectivity index (χ1n) is 5.37. The zero-order valence-corrected chi connectivity index (χ0v) is 10.2. The van der Waals surface area contributed by atoms with Gasteiger partial charge in [-0.05, 0) is 23.9 Å². The van der Waals surface area contributed by atoms with Crippen molar-refractivity contribution in [3.05, 3.63) is 56.5 Å². The van der Waals surface area contributed by atoms with Gasteiger partial charge in [-0.15, -0.1) is 11.3 Å². The van der Waals surface area contributed by atoms with Gasteiger partial charge in [0.05, 0.1) is 4.92 Å². The molecule has 1 heterocycles. The number of hydrogen-bond acceptors (Lipinski definition) is 4. The number of para-hydroxylation sites is 1. The summed E-state index contributed by atoms with van der Waals surface area (Å²) in [7, 11) is 0. The number of halogens is 1. The number of hydrogen-bond donors (Lipinski definition) is 1. The Bertz CT molecular complexity index is 543. The van der Waals surface area contributed by atoms with E-state index in [1.807, 2.05) is 17.5 Å². The predicted octanol–water partition coefficient (Wildman–Crippen LogP) is 3.45. The summed E-state index contributed by atoms with van der Waals surface area (Å²) in [6.45, 7) is 0.461. The molecule has 6 heteroatoms. The summed E-state index contributed by atoms with van der Waals surface area (Å²) in [5.74, 6) is -0.602. The van der Waals surface area contributed by atoms with Crippen LogP contribution in [0.5, 0.6) is 0 Å². The molecule has 0 aliphatic carbocycles. The van der Waals surface area contributed by atoms with Crippen LogP contribution in [0.4, 0.5) is 15.8 Å². The molecule has 0 amide bonds. The van der Waals surface area contributed by atoms with Crippen molar-refractivity contribution in [2.75, 3.05) is 11.9 Å². The second-order valence-electron chi connectivity index (χ2n) is 3.65. The maximum atomic E-state index is 13.5. The van der Waals surface area contributed by atoms with Gasteiger partial charge < -0.3 is 5.32 Å².